The van der Waals surface area contributed by atoms with Gasteiger partial charge in [0.25, 0.3) is 0 Å². The number of aromatic carboxylic acids is 1. The number of ether oxygens (including phenoxy) is 1. The molecule has 1 aliphatic heterocycles. The third-order valence-corrected chi connectivity index (χ3v) is 4.37. The van der Waals surface area contributed by atoms with Gasteiger partial charge in [0, 0.05) is 17.7 Å². The Morgan fingerprint density at radius 1 is 1.21 bits per heavy atom. The monoisotopic (exact) mass is 320 g/mol. The SMILES string of the molecule is COc1cccc(-c2nn3c(c2C(=O)O)-c2ccccc2CC3)c1. The molecule has 5 nitrogen and oxygen atoms in total. The highest BCUT2D eigenvalue weighted by Crippen LogP contribution is 2.37. The lowest BCUT2D eigenvalue weighted by Crippen LogP contribution is -2.13. The maximum Gasteiger partial charge on any atom is 0.340 e. The van der Waals surface area contributed by atoms with E-state index in [4.69, 9.17) is 4.74 Å². The van der Waals surface area contributed by atoms with Crippen molar-refractivity contribution in [3.8, 4) is 28.3 Å². The Morgan fingerprint density at radius 2 is 2.04 bits per heavy atom. The van der Waals surface area contributed by atoms with E-state index in [9.17, 15) is 9.90 Å². The molecule has 0 saturated carbocycles. The lowest BCUT2D eigenvalue weighted by molar-refractivity contribution is 0.0698. The normalized spacial score (nSPS) is 12.4. The molecule has 0 spiro atoms. The summed E-state index contributed by atoms with van der Waals surface area (Å²) in [6, 6.07) is 15.3. The van der Waals surface area contributed by atoms with Gasteiger partial charge in [0.05, 0.1) is 12.8 Å². The summed E-state index contributed by atoms with van der Waals surface area (Å²) in [5.74, 6) is -0.291. The van der Waals surface area contributed by atoms with Crippen LogP contribution >= 0.6 is 0 Å². The number of carbonyl (C=O) groups is 1. The number of carboxylic acid groups (broad SMARTS) is 1. The van der Waals surface area contributed by atoms with Crippen molar-refractivity contribution in [3.05, 3.63) is 59.7 Å². The van der Waals surface area contributed by atoms with Crippen molar-refractivity contribution in [1.82, 2.24) is 9.78 Å². The Kier molecular flexibility index (Phi) is 3.34. The standard InChI is InChI=1S/C19H16N2O3/c1-24-14-7-4-6-13(11-14)17-16(19(22)23)18-15-8-3-2-5-12(15)9-10-21(18)20-17/h2-8,11H,9-10H2,1H3,(H,22,23). The molecule has 2 heterocycles. The molecule has 120 valence electrons. The molecule has 24 heavy (non-hydrogen) atoms. The van der Waals surface area contributed by atoms with Crippen LogP contribution in [0.1, 0.15) is 15.9 Å². The van der Waals surface area contributed by atoms with E-state index in [1.54, 1.807) is 11.8 Å². The fourth-order valence-corrected chi connectivity index (χ4v) is 3.27. The highest BCUT2D eigenvalue weighted by molar-refractivity contribution is 6.02. The van der Waals surface area contributed by atoms with E-state index in [0.717, 1.165) is 23.1 Å². The van der Waals surface area contributed by atoms with Crippen LogP contribution in [0, 0.1) is 0 Å². The van der Waals surface area contributed by atoms with Crippen molar-refractivity contribution in [2.75, 3.05) is 7.11 Å². The summed E-state index contributed by atoms with van der Waals surface area (Å²) in [7, 11) is 1.59. The molecule has 0 fully saturated rings. The summed E-state index contributed by atoms with van der Waals surface area (Å²) in [5, 5.41) is 14.4. The first-order valence-electron chi connectivity index (χ1n) is 7.76. The molecule has 1 aliphatic rings. The molecule has 5 heteroatoms. The first-order chi connectivity index (χ1) is 11.7. The van der Waals surface area contributed by atoms with Crippen LogP contribution in [0.5, 0.6) is 5.75 Å². The molecule has 4 rings (SSSR count). The quantitative estimate of drug-likeness (QED) is 0.802. The highest BCUT2D eigenvalue weighted by Gasteiger charge is 2.29. The highest BCUT2D eigenvalue weighted by atomic mass is 16.5. The lowest BCUT2D eigenvalue weighted by atomic mass is 9.94. The smallest absolute Gasteiger partial charge is 0.340 e. The van der Waals surface area contributed by atoms with Crippen molar-refractivity contribution < 1.29 is 14.6 Å². The molecule has 0 amide bonds. The number of hydrogen-bond acceptors (Lipinski definition) is 3. The average Bonchev–Trinajstić information content (AvgIpc) is 3.02. The molecule has 1 aromatic heterocycles. The van der Waals surface area contributed by atoms with Gasteiger partial charge in [0.1, 0.15) is 17.0 Å². The van der Waals surface area contributed by atoms with E-state index in [1.165, 1.54) is 0 Å². The minimum absolute atomic E-state index is 0.246. The summed E-state index contributed by atoms with van der Waals surface area (Å²) in [6.07, 6.45) is 0.849. The number of aryl methyl sites for hydroxylation is 2. The van der Waals surface area contributed by atoms with Gasteiger partial charge in [-0.15, -0.1) is 0 Å². The van der Waals surface area contributed by atoms with E-state index in [1.807, 2.05) is 48.5 Å². The summed E-state index contributed by atoms with van der Waals surface area (Å²) in [5.41, 5.74) is 4.25. The Bertz CT molecular complexity index is 944. The van der Waals surface area contributed by atoms with E-state index in [0.29, 0.717) is 23.7 Å². The van der Waals surface area contributed by atoms with Crippen LogP contribution in [0.3, 0.4) is 0 Å². The Labute approximate surface area is 139 Å². The third kappa shape index (κ3) is 2.17. The molecule has 0 saturated heterocycles. The van der Waals surface area contributed by atoms with Crippen molar-refractivity contribution in [2.45, 2.75) is 13.0 Å². The van der Waals surface area contributed by atoms with Gasteiger partial charge in [-0.1, -0.05) is 36.4 Å². The van der Waals surface area contributed by atoms with Gasteiger partial charge in [-0.25, -0.2) is 4.79 Å². The van der Waals surface area contributed by atoms with Crippen LogP contribution in [0.2, 0.25) is 0 Å². The number of hydrogen-bond donors (Lipinski definition) is 1. The first kappa shape index (κ1) is 14.5. The number of benzene rings is 2. The molecule has 1 N–H and O–H groups in total. The molecular weight excluding hydrogens is 304 g/mol. The van der Waals surface area contributed by atoms with Crippen molar-refractivity contribution in [1.29, 1.82) is 0 Å². The summed E-state index contributed by atoms with van der Waals surface area (Å²) < 4.78 is 7.06. The second-order valence-electron chi connectivity index (χ2n) is 5.74. The fraction of sp³-hybridized carbons (Fsp3) is 0.158. The number of carboxylic acids is 1. The van der Waals surface area contributed by atoms with Crippen LogP contribution in [0.4, 0.5) is 0 Å². The van der Waals surface area contributed by atoms with Gasteiger partial charge >= 0.3 is 5.97 Å². The minimum atomic E-state index is -0.967. The van der Waals surface area contributed by atoms with E-state index in [2.05, 4.69) is 5.10 Å². The van der Waals surface area contributed by atoms with Crippen LogP contribution < -0.4 is 4.74 Å². The topological polar surface area (TPSA) is 64.4 Å². The van der Waals surface area contributed by atoms with Crippen LogP contribution in [0.25, 0.3) is 22.5 Å². The molecule has 0 aliphatic carbocycles. The zero-order chi connectivity index (χ0) is 16.7. The second kappa shape index (κ2) is 5.53. The van der Waals surface area contributed by atoms with Crippen LogP contribution in [-0.2, 0) is 13.0 Å². The van der Waals surface area contributed by atoms with Gasteiger partial charge in [0.2, 0.25) is 0 Å². The van der Waals surface area contributed by atoms with E-state index < -0.39 is 5.97 Å². The Balaban J connectivity index is 1.98. The number of fused-ring (bicyclic) bond motifs is 3. The molecule has 0 bridgehead atoms. The summed E-state index contributed by atoms with van der Waals surface area (Å²) in [6.45, 7) is 0.677. The minimum Gasteiger partial charge on any atom is -0.497 e. The van der Waals surface area contributed by atoms with Crippen molar-refractivity contribution in [2.24, 2.45) is 0 Å². The summed E-state index contributed by atoms with van der Waals surface area (Å²) >= 11 is 0. The zero-order valence-electron chi connectivity index (χ0n) is 13.2. The van der Waals surface area contributed by atoms with Gasteiger partial charge in [-0.2, -0.15) is 5.10 Å². The van der Waals surface area contributed by atoms with Gasteiger partial charge in [-0.3, -0.25) is 4.68 Å². The molecular formula is C19H16N2O3. The molecule has 0 unspecified atom stereocenters. The number of aromatic nitrogens is 2. The lowest BCUT2D eigenvalue weighted by Gasteiger charge is -2.18. The predicted molar refractivity (Wildman–Crippen MR) is 90.3 cm³/mol. The third-order valence-electron chi connectivity index (χ3n) is 4.37. The van der Waals surface area contributed by atoms with E-state index >= 15 is 0 Å². The van der Waals surface area contributed by atoms with Gasteiger partial charge in [0.15, 0.2) is 0 Å². The van der Waals surface area contributed by atoms with Crippen LogP contribution in [-0.4, -0.2) is 28.0 Å². The second-order valence-corrected chi connectivity index (χ2v) is 5.74. The summed E-state index contributed by atoms with van der Waals surface area (Å²) in [4.78, 5) is 12.0. The average molecular weight is 320 g/mol. The van der Waals surface area contributed by atoms with Gasteiger partial charge in [-0.05, 0) is 24.1 Å². The van der Waals surface area contributed by atoms with Crippen molar-refractivity contribution >= 4 is 5.97 Å². The predicted octanol–water partition coefficient (Wildman–Crippen LogP) is 3.48. The molecule has 2 aromatic carbocycles. The van der Waals surface area contributed by atoms with Crippen molar-refractivity contribution in [3.63, 3.8) is 0 Å². The zero-order valence-corrected chi connectivity index (χ0v) is 13.2. The molecule has 3 aromatic rings. The largest absolute Gasteiger partial charge is 0.497 e. The number of methoxy groups -OCH3 is 1. The maximum absolute atomic E-state index is 12.0. The van der Waals surface area contributed by atoms with E-state index in [-0.39, 0.29) is 5.56 Å². The number of nitrogens with zero attached hydrogens (tertiary/aromatic N) is 2. The first-order valence-corrected chi connectivity index (χ1v) is 7.76. The fourth-order valence-electron chi connectivity index (χ4n) is 3.27. The molecule has 0 radical (unpaired) electrons. The van der Waals surface area contributed by atoms with Gasteiger partial charge < -0.3 is 9.84 Å². The molecule has 0 atom stereocenters. The number of rotatable bonds is 3. The Morgan fingerprint density at radius 3 is 2.83 bits per heavy atom. The van der Waals surface area contributed by atoms with Crippen LogP contribution in [0.15, 0.2) is 48.5 Å². The Hall–Kier alpha value is -3.08. The maximum atomic E-state index is 12.0.